The van der Waals surface area contributed by atoms with Crippen molar-refractivity contribution in [3.05, 3.63) is 106 Å². The Morgan fingerprint density at radius 1 is 0.852 bits per heavy atom. The molecule has 0 bridgehead atoms. The highest BCUT2D eigenvalue weighted by atomic mass is 32.2. The van der Waals surface area contributed by atoms with E-state index < -0.39 is 0 Å². The van der Waals surface area contributed by atoms with Gasteiger partial charge in [-0.25, -0.2) is 4.98 Å². The number of fused-ring (bicyclic) bond motifs is 1. The summed E-state index contributed by atoms with van der Waals surface area (Å²) in [6.45, 7) is 2.52. The highest BCUT2D eigenvalue weighted by Gasteiger charge is 2.13. The molecule has 1 aromatic heterocycles. The van der Waals surface area contributed by atoms with Crippen LogP contribution in [0.3, 0.4) is 0 Å². The van der Waals surface area contributed by atoms with E-state index in [-0.39, 0.29) is 5.56 Å². The fourth-order valence-electron chi connectivity index (χ4n) is 3.11. The number of thioether (sulfide) groups is 1. The zero-order valence-corrected chi connectivity index (χ0v) is 15.9. The van der Waals surface area contributed by atoms with Crippen molar-refractivity contribution in [3.63, 3.8) is 0 Å². The first-order valence-electron chi connectivity index (χ1n) is 8.93. The van der Waals surface area contributed by atoms with Gasteiger partial charge in [-0.2, -0.15) is 0 Å². The summed E-state index contributed by atoms with van der Waals surface area (Å²) in [5, 5.41) is 1.43. The molecule has 0 atom stereocenters. The first-order valence-corrected chi connectivity index (χ1v) is 9.92. The van der Waals surface area contributed by atoms with Crippen molar-refractivity contribution in [2.45, 2.75) is 24.4 Å². The average molecular weight is 372 g/mol. The molecule has 0 N–H and O–H groups in total. The third-order valence-corrected chi connectivity index (χ3v) is 5.59. The molecule has 0 amide bonds. The van der Waals surface area contributed by atoms with Gasteiger partial charge in [-0.1, -0.05) is 84.6 Å². The van der Waals surface area contributed by atoms with Gasteiger partial charge in [0.05, 0.1) is 17.4 Å². The minimum Gasteiger partial charge on any atom is -0.283 e. The van der Waals surface area contributed by atoms with Crippen LogP contribution in [0.15, 0.2) is 88.8 Å². The number of aromatic nitrogens is 2. The zero-order chi connectivity index (χ0) is 18.6. The highest BCUT2D eigenvalue weighted by Crippen LogP contribution is 2.24. The van der Waals surface area contributed by atoms with Gasteiger partial charge in [0.1, 0.15) is 0 Å². The molecular weight excluding hydrogens is 352 g/mol. The fourth-order valence-corrected chi connectivity index (χ4v) is 4.05. The predicted molar refractivity (Wildman–Crippen MR) is 112 cm³/mol. The Labute approximate surface area is 162 Å². The van der Waals surface area contributed by atoms with Gasteiger partial charge in [0.25, 0.3) is 5.56 Å². The molecule has 4 heteroatoms. The minimum absolute atomic E-state index is 0.0168. The summed E-state index contributed by atoms with van der Waals surface area (Å²) in [7, 11) is 0. The van der Waals surface area contributed by atoms with E-state index in [1.165, 1.54) is 5.56 Å². The first kappa shape index (κ1) is 17.6. The number of para-hydroxylation sites is 1. The van der Waals surface area contributed by atoms with Crippen LogP contribution in [-0.4, -0.2) is 9.55 Å². The molecule has 0 fully saturated rings. The van der Waals surface area contributed by atoms with E-state index in [2.05, 4.69) is 12.1 Å². The second-order valence-electron chi connectivity index (χ2n) is 6.52. The van der Waals surface area contributed by atoms with Crippen molar-refractivity contribution in [1.82, 2.24) is 9.55 Å². The molecule has 0 aliphatic carbocycles. The smallest absolute Gasteiger partial charge is 0.262 e. The van der Waals surface area contributed by atoms with Crippen LogP contribution in [0.2, 0.25) is 0 Å². The molecule has 0 aliphatic rings. The fraction of sp³-hybridized carbons (Fsp3) is 0.130. The lowest BCUT2D eigenvalue weighted by Crippen LogP contribution is -2.24. The van der Waals surface area contributed by atoms with Gasteiger partial charge < -0.3 is 0 Å². The van der Waals surface area contributed by atoms with Gasteiger partial charge in [-0.05, 0) is 29.7 Å². The van der Waals surface area contributed by atoms with Crippen molar-refractivity contribution in [1.29, 1.82) is 0 Å². The highest BCUT2D eigenvalue weighted by molar-refractivity contribution is 7.98. The van der Waals surface area contributed by atoms with Gasteiger partial charge in [0, 0.05) is 5.75 Å². The first-order chi connectivity index (χ1) is 13.2. The Kier molecular flexibility index (Phi) is 5.07. The molecule has 27 heavy (non-hydrogen) atoms. The van der Waals surface area contributed by atoms with Crippen LogP contribution in [0, 0.1) is 6.92 Å². The Hall–Kier alpha value is -2.85. The number of nitrogens with zero attached hydrogens (tertiary/aromatic N) is 2. The molecule has 0 aliphatic heterocycles. The molecule has 0 saturated carbocycles. The number of benzene rings is 3. The quantitative estimate of drug-likeness (QED) is 0.363. The maximum Gasteiger partial charge on any atom is 0.262 e. The lowest BCUT2D eigenvalue weighted by molar-refractivity contribution is 0.657. The predicted octanol–water partition coefficient (Wildman–Crippen LogP) is 5.05. The third-order valence-electron chi connectivity index (χ3n) is 4.55. The van der Waals surface area contributed by atoms with Gasteiger partial charge in [0.2, 0.25) is 0 Å². The van der Waals surface area contributed by atoms with Crippen molar-refractivity contribution < 1.29 is 0 Å². The summed E-state index contributed by atoms with van der Waals surface area (Å²) < 4.78 is 1.80. The lowest BCUT2D eigenvalue weighted by atomic mass is 10.1. The number of rotatable bonds is 5. The molecule has 4 aromatic rings. The normalized spacial score (nSPS) is 11.0. The van der Waals surface area contributed by atoms with Crippen LogP contribution in [0.4, 0.5) is 0 Å². The van der Waals surface area contributed by atoms with E-state index in [0.29, 0.717) is 11.9 Å². The number of hydrogen-bond donors (Lipinski definition) is 0. The second kappa shape index (κ2) is 7.80. The summed E-state index contributed by atoms with van der Waals surface area (Å²) in [5.74, 6) is 0.777. The SMILES string of the molecule is Cc1cccc2c(=O)n(Cc3ccccc3)c(SCc3ccccc3)nc12. The molecule has 3 nitrogen and oxygen atoms in total. The van der Waals surface area contributed by atoms with Crippen LogP contribution in [-0.2, 0) is 12.3 Å². The molecular formula is C23H20N2OS. The molecule has 4 rings (SSSR count). The van der Waals surface area contributed by atoms with Crippen molar-refractivity contribution in [2.75, 3.05) is 0 Å². The summed E-state index contributed by atoms with van der Waals surface area (Å²) in [6, 6.07) is 26.1. The molecule has 0 unspecified atom stereocenters. The Bertz CT molecular complexity index is 1120. The van der Waals surface area contributed by atoms with Crippen LogP contribution >= 0.6 is 11.8 Å². The summed E-state index contributed by atoms with van der Waals surface area (Å²) in [6.07, 6.45) is 0. The lowest BCUT2D eigenvalue weighted by Gasteiger charge is -2.14. The van der Waals surface area contributed by atoms with E-state index in [0.717, 1.165) is 27.6 Å². The van der Waals surface area contributed by atoms with E-state index in [9.17, 15) is 4.79 Å². The van der Waals surface area contributed by atoms with Gasteiger partial charge in [-0.3, -0.25) is 9.36 Å². The summed E-state index contributed by atoms with van der Waals surface area (Å²) in [4.78, 5) is 18.1. The average Bonchev–Trinajstić information content (AvgIpc) is 2.71. The largest absolute Gasteiger partial charge is 0.283 e. The van der Waals surface area contributed by atoms with Crippen molar-refractivity contribution >= 4 is 22.7 Å². The van der Waals surface area contributed by atoms with E-state index in [4.69, 9.17) is 4.98 Å². The van der Waals surface area contributed by atoms with Gasteiger partial charge in [0.15, 0.2) is 5.16 Å². The van der Waals surface area contributed by atoms with E-state index in [1.807, 2.05) is 73.7 Å². The second-order valence-corrected chi connectivity index (χ2v) is 7.46. The zero-order valence-electron chi connectivity index (χ0n) is 15.1. The standard InChI is InChI=1S/C23H20N2OS/c1-17-9-8-14-20-21(17)24-23(27-16-19-12-6-3-7-13-19)25(22(20)26)15-18-10-4-2-5-11-18/h2-14H,15-16H2,1H3. The van der Waals surface area contributed by atoms with Crippen molar-refractivity contribution in [3.8, 4) is 0 Å². The maximum atomic E-state index is 13.2. The summed E-state index contributed by atoms with van der Waals surface area (Å²) in [5.41, 5.74) is 4.14. The van der Waals surface area contributed by atoms with Crippen LogP contribution in [0.5, 0.6) is 0 Å². The van der Waals surface area contributed by atoms with Gasteiger partial charge in [-0.15, -0.1) is 0 Å². The number of aryl methyl sites for hydroxylation is 1. The van der Waals surface area contributed by atoms with Crippen LogP contribution < -0.4 is 5.56 Å². The minimum atomic E-state index is 0.0168. The molecule has 1 heterocycles. The molecule has 0 spiro atoms. The Balaban J connectivity index is 1.80. The van der Waals surface area contributed by atoms with E-state index >= 15 is 0 Å². The maximum absolute atomic E-state index is 13.2. The summed E-state index contributed by atoms with van der Waals surface area (Å²) >= 11 is 1.61. The number of hydrogen-bond acceptors (Lipinski definition) is 3. The Morgan fingerprint density at radius 3 is 2.22 bits per heavy atom. The van der Waals surface area contributed by atoms with Crippen molar-refractivity contribution in [2.24, 2.45) is 0 Å². The molecule has 134 valence electrons. The third kappa shape index (κ3) is 3.81. The van der Waals surface area contributed by atoms with E-state index in [1.54, 1.807) is 16.3 Å². The van der Waals surface area contributed by atoms with Crippen LogP contribution in [0.25, 0.3) is 10.9 Å². The monoisotopic (exact) mass is 372 g/mol. The van der Waals surface area contributed by atoms with Crippen LogP contribution in [0.1, 0.15) is 16.7 Å². The molecule has 0 radical (unpaired) electrons. The molecule has 3 aromatic carbocycles. The van der Waals surface area contributed by atoms with Gasteiger partial charge >= 0.3 is 0 Å². The Morgan fingerprint density at radius 2 is 1.52 bits per heavy atom. The topological polar surface area (TPSA) is 34.9 Å². The molecule has 0 saturated heterocycles.